The molecule has 0 unspecified atom stereocenters. The van der Waals surface area contributed by atoms with Crippen molar-refractivity contribution in [3.05, 3.63) is 78.0 Å². The molecule has 0 N–H and O–H groups in total. The van der Waals surface area contributed by atoms with Gasteiger partial charge < -0.3 is 4.74 Å². The van der Waals surface area contributed by atoms with Crippen LogP contribution in [-0.4, -0.2) is 14.8 Å². The molecule has 25 heavy (non-hydrogen) atoms. The van der Waals surface area contributed by atoms with Crippen LogP contribution in [-0.2, 0) is 13.7 Å². The van der Waals surface area contributed by atoms with Crippen molar-refractivity contribution in [2.45, 2.75) is 13.5 Å². The largest absolute Gasteiger partial charge is 0.472 e. The highest BCUT2D eigenvalue weighted by Crippen LogP contribution is 2.25. The number of hydrogen-bond acceptors (Lipinski definition) is 3. The van der Waals surface area contributed by atoms with Gasteiger partial charge >= 0.3 is 0 Å². The second-order valence-electron chi connectivity index (χ2n) is 6.16. The molecule has 0 fully saturated rings. The highest BCUT2D eigenvalue weighted by molar-refractivity contribution is 5.83. The van der Waals surface area contributed by atoms with E-state index >= 15 is 0 Å². The van der Waals surface area contributed by atoms with Crippen LogP contribution in [0.4, 0.5) is 0 Å². The smallest absolute Gasteiger partial charge is 0.233 e. The molecule has 0 bridgehead atoms. The average molecular weight is 329 g/mol. The molecule has 0 radical (unpaired) electrons. The molecule has 4 heteroatoms. The molecule has 0 spiro atoms. The van der Waals surface area contributed by atoms with Crippen molar-refractivity contribution in [2.24, 2.45) is 7.05 Å². The lowest BCUT2D eigenvalue weighted by Crippen LogP contribution is -1.97. The van der Waals surface area contributed by atoms with Gasteiger partial charge in [-0.2, -0.15) is 0 Å². The van der Waals surface area contributed by atoms with Gasteiger partial charge in [-0.1, -0.05) is 42.5 Å². The van der Waals surface area contributed by atoms with Crippen LogP contribution < -0.4 is 4.74 Å². The van der Waals surface area contributed by atoms with E-state index < -0.39 is 0 Å². The molecule has 0 atom stereocenters. The Balaban J connectivity index is 1.56. The van der Waals surface area contributed by atoms with Crippen LogP contribution >= 0.6 is 0 Å². The van der Waals surface area contributed by atoms with Gasteiger partial charge in [0.15, 0.2) is 0 Å². The quantitative estimate of drug-likeness (QED) is 0.552. The maximum absolute atomic E-state index is 5.69. The fourth-order valence-electron chi connectivity index (χ4n) is 2.90. The molecule has 2 aromatic carbocycles. The molecule has 0 aliphatic heterocycles. The Morgan fingerprint density at radius 3 is 2.56 bits per heavy atom. The predicted molar refractivity (Wildman–Crippen MR) is 99.5 cm³/mol. The van der Waals surface area contributed by atoms with Gasteiger partial charge in [0.05, 0.1) is 11.2 Å². The Hall–Kier alpha value is -3.14. The summed E-state index contributed by atoms with van der Waals surface area (Å²) in [4.78, 5) is 4.83. The van der Waals surface area contributed by atoms with E-state index in [0.717, 1.165) is 22.3 Å². The first-order valence-corrected chi connectivity index (χ1v) is 8.27. The van der Waals surface area contributed by atoms with Crippen LogP contribution in [0.2, 0.25) is 0 Å². The molecular weight excluding hydrogens is 310 g/mol. The lowest BCUT2D eigenvalue weighted by molar-refractivity contribution is 0.291. The lowest BCUT2D eigenvalue weighted by Gasteiger charge is -2.09. The zero-order valence-corrected chi connectivity index (χ0v) is 14.3. The number of benzene rings is 2. The van der Waals surface area contributed by atoms with Gasteiger partial charge in [-0.15, -0.1) is 5.10 Å². The van der Waals surface area contributed by atoms with Crippen LogP contribution in [0.3, 0.4) is 0 Å². The van der Waals surface area contributed by atoms with Crippen LogP contribution in [0.15, 0.2) is 66.9 Å². The highest BCUT2D eigenvalue weighted by atomic mass is 16.5. The predicted octanol–water partition coefficient (Wildman–Crippen LogP) is 4.52. The van der Waals surface area contributed by atoms with E-state index in [4.69, 9.17) is 9.72 Å². The summed E-state index contributed by atoms with van der Waals surface area (Å²) in [6, 6.07) is 20.6. The van der Waals surface area contributed by atoms with E-state index in [9.17, 15) is 0 Å². The lowest BCUT2D eigenvalue weighted by atomic mass is 10.0. The third-order valence-corrected chi connectivity index (χ3v) is 4.22. The van der Waals surface area contributed by atoms with E-state index in [1.807, 2.05) is 37.5 Å². The van der Waals surface area contributed by atoms with Gasteiger partial charge in [-0.25, -0.2) is 4.98 Å². The molecule has 0 amide bonds. The summed E-state index contributed by atoms with van der Waals surface area (Å²) in [6.45, 7) is 2.61. The van der Waals surface area contributed by atoms with Gasteiger partial charge in [0, 0.05) is 30.3 Å². The van der Waals surface area contributed by atoms with Gasteiger partial charge in [0.25, 0.3) is 0 Å². The number of ether oxygens (including phenoxy) is 1. The summed E-state index contributed by atoms with van der Waals surface area (Å²) >= 11 is 0. The number of hydrogen-bond donors (Lipinski definition) is 0. The number of pyridine rings is 1. The molecule has 0 saturated heterocycles. The Bertz CT molecular complexity index is 1020. The molecule has 0 aliphatic rings. The minimum atomic E-state index is 0.501. The van der Waals surface area contributed by atoms with Crippen LogP contribution in [0.1, 0.15) is 11.1 Å². The first-order valence-electron chi connectivity index (χ1n) is 8.27. The fourth-order valence-corrected chi connectivity index (χ4v) is 2.90. The number of fused-ring (bicyclic) bond motifs is 1. The van der Waals surface area contributed by atoms with E-state index in [1.54, 1.807) is 4.68 Å². The zero-order valence-electron chi connectivity index (χ0n) is 14.3. The van der Waals surface area contributed by atoms with Crippen molar-refractivity contribution in [1.82, 2.24) is 14.8 Å². The topological polar surface area (TPSA) is 39.9 Å². The molecule has 0 aliphatic carbocycles. The fraction of sp³-hybridized carbons (Fsp3) is 0.143. The summed E-state index contributed by atoms with van der Waals surface area (Å²) in [5, 5.41) is 5.39. The van der Waals surface area contributed by atoms with Crippen molar-refractivity contribution < 1.29 is 4.74 Å². The van der Waals surface area contributed by atoms with Gasteiger partial charge in [0.1, 0.15) is 6.61 Å². The second kappa shape index (κ2) is 6.40. The third kappa shape index (κ3) is 3.24. The molecule has 124 valence electrons. The second-order valence-corrected chi connectivity index (χ2v) is 6.16. The summed E-state index contributed by atoms with van der Waals surface area (Å²) in [7, 11) is 1.88. The summed E-state index contributed by atoms with van der Waals surface area (Å²) < 4.78 is 7.42. The van der Waals surface area contributed by atoms with Crippen molar-refractivity contribution in [1.29, 1.82) is 0 Å². The highest BCUT2D eigenvalue weighted by Gasteiger charge is 2.07. The van der Waals surface area contributed by atoms with E-state index in [1.165, 1.54) is 10.9 Å². The molecule has 4 aromatic rings. The van der Waals surface area contributed by atoms with Crippen molar-refractivity contribution in [3.63, 3.8) is 0 Å². The number of rotatable bonds is 4. The third-order valence-electron chi connectivity index (χ3n) is 4.22. The van der Waals surface area contributed by atoms with Crippen LogP contribution in [0.5, 0.6) is 5.88 Å². The number of aryl methyl sites for hydroxylation is 2. The van der Waals surface area contributed by atoms with Crippen molar-refractivity contribution >= 4 is 10.9 Å². The van der Waals surface area contributed by atoms with E-state index in [-0.39, 0.29) is 0 Å². The monoisotopic (exact) mass is 329 g/mol. The zero-order chi connectivity index (χ0) is 17.2. The maximum Gasteiger partial charge on any atom is 0.233 e. The first-order chi connectivity index (χ1) is 12.2. The summed E-state index contributed by atoms with van der Waals surface area (Å²) in [5.74, 6) is 0.638. The molecule has 4 rings (SSSR count). The molecular formula is C21H19N3O. The maximum atomic E-state index is 5.69. The Morgan fingerprint density at radius 1 is 1.00 bits per heavy atom. The molecule has 0 saturated carbocycles. The summed E-state index contributed by atoms with van der Waals surface area (Å²) in [5.41, 5.74) is 5.44. The van der Waals surface area contributed by atoms with Crippen molar-refractivity contribution in [2.75, 3.05) is 0 Å². The normalized spacial score (nSPS) is 11.0. The SMILES string of the molecule is Cc1cc2ccccc2nc1-c1ccc(COc2ccn(C)n2)cc1. The summed E-state index contributed by atoms with van der Waals surface area (Å²) in [6.07, 6.45) is 1.87. The van der Waals surface area contributed by atoms with Crippen molar-refractivity contribution in [3.8, 4) is 17.1 Å². The van der Waals surface area contributed by atoms with Gasteiger partial charge in [0.2, 0.25) is 5.88 Å². The number of para-hydroxylation sites is 1. The Kier molecular flexibility index (Phi) is 3.94. The Morgan fingerprint density at radius 2 is 1.80 bits per heavy atom. The first kappa shape index (κ1) is 15.4. The number of aromatic nitrogens is 3. The van der Waals surface area contributed by atoms with Crippen LogP contribution in [0, 0.1) is 6.92 Å². The minimum Gasteiger partial charge on any atom is -0.472 e. The van der Waals surface area contributed by atoms with E-state index in [0.29, 0.717) is 12.5 Å². The van der Waals surface area contributed by atoms with Gasteiger partial charge in [-0.3, -0.25) is 4.68 Å². The van der Waals surface area contributed by atoms with Gasteiger partial charge in [-0.05, 0) is 30.2 Å². The van der Waals surface area contributed by atoms with Crippen LogP contribution in [0.25, 0.3) is 22.2 Å². The Labute approximate surface area is 146 Å². The molecule has 2 heterocycles. The molecule has 2 aromatic heterocycles. The minimum absolute atomic E-state index is 0.501. The van der Waals surface area contributed by atoms with E-state index in [2.05, 4.69) is 48.4 Å². The number of nitrogens with zero attached hydrogens (tertiary/aromatic N) is 3. The average Bonchev–Trinajstić information content (AvgIpc) is 3.05. The standard InChI is InChI=1S/C21H19N3O/c1-15-13-18-5-3-4-6-19(18)22-21(15)17-9-7-16(8-10-17)14-25-20-11-12-24(2)23-20/h3-13H,14H2,1-2H3. The molecule has 4 nitrogen and oxygen atoms in total.